The molecule has 1 atom stereocenters. The Labute approximate surface area is 196 Å². The van der Waals surface area contributed by atoms with Gasteiger partial charge < -0.3 is 19.7 Å². The number of carboxylic acids is 1. The molecule has 172 valence electrons. The summed E-state index contributed by atoms with van der Waals surface area (Å²) < 4.78 is 6.66. The first kappa shape index (κ1) is 22.8. The number of nitrogens with zero attached hydrogens (tertiary/aromatic N) is 1. The highest BCUT2D eigenvalue weighted by Crippen LogP contribution is 2.20. The first-order chi connectivity index (χ1) is 16.4. The van der Waals surface area contributed by atoms with E-state index in [4.69, 9.17) is 4.74 Å². The van der Waals surface area contributed by atoms with Crippen molar-refractivity contribution in [3.05, 3.63) is 107 Å². The molecule has 1 amide bonds. The molecule has 0 aliphatic rings. The molecule has 0 fully saturated rings. The third-order valence-corrected chi connectivity index (χ3v) is 5.62. The van der Waals surface area contributed by atoms with Crippen LogP contribution in [0.15, 0.2) is 89.9 Å². The van der Waals surface area contributed by atoms with Gasteiger partial charge in [0.1, 0.15) is 12.6 Å². The van der Waals surface area contributed by atoms with Crippen molar-refractivity contribution in [2.24, 2.45) is 7.05 Å². The average Bonchev–Trinajstić information content (AvgIpc) is 2.86. The summed E-state index contributed by atoms with van der Waals surface area (Å²) >= 11 is 0. The average molecular weight is 456 g/mol. The molecule has 7 heteroatoms. The lowest BCUT2D eigenvalue weighted by Crippen LogP contribution is -2.42. The number of rotatable bonds is 7. The van der Waals surface area contributed by atoms with Gasteiger partial charge in [-0.1, -0.05) is 72.8 Å². The van der Waals surface area contributed by atoms with Crippen LogP contribution in [-0.4, -0.2) is 27.8 Å². The lowest BCUT2D eigenvalue weighted by molar-refractivity contribution is -0.139. The third-order valence-electron chi connectivity index (χ3n) is 5.62. The molecule has 7 nitrogen and oxygen atoms in total. The molecular formula is C27H24N2O5. The van der Waals surface area contributed by atoms with Crippen LogP contribution in [0.1, 0.15) is 11.1 Å². The van der Waals surface area contributed by atoms with Crippen LogP contribution in [0.2, 0.25) is 0 Å². The van der Waals surface area contributed by atoms with Crippen molar-refractivity contribution >= 4 is 22.8 Å². The highest BCUT2D eigenvalue weighted by Gasteiger charge is 2.23. The van der Waals surface area contributed by atoms with E-state index in [0.717, 1.165) is 16.7 Å². The van der Waals surface area contributed by atoms with Gasteiger partial charge in [0, 0.05) is 25.1 Å². The standard InChI is InChI=1S/C27H24N2O5/c1-29-16-21(22-9-5-6-10-23(22)25(29)30)15-24(26(31)32)28-27(33)34-17-18-11-13-20(14-12-18)19-7-3-2-4-8-19/h2-14,16,24H,15,17H2,1H3,(H,28,33)(H,31,32). The van der Waals surface area contributed by atoms with Gasteiger partial charge >= 0.3 is 12.1 Å². The van der Waals surface area contributed by atoms with Crippen LogP contribution in [0.25, 0.3) is 21.9 Å². The molecule has 2 N–H and O–H groups in total. The molecule has 0 aliphatic carbocycles. The Kier molecular flexibility index (Phi) is 6.73. The van der Waals surface area contributed by atoms with E-state index in [1.165, 1.54) is 4.57 Å². The van der Waals surface area contributed by atoms with E-state index in [1.54, 1.807) is 37.5 Å². The zero-order chi connectivity index (χ0) is 24.1. The fourth-order valence-electron chi connectivity index (χ4n) is 3.84. The van der Waals surface area contributed by atoms with Gasteiger partial charge in [0.25, 0.3) is 5.56 Å². The smallest absolute Gasteiger partial charge is 0.408 e. The summed E-state index contributed by atoms with van der Waals surface area (Å²) in [4.78, 5) is 36.5. The van der Waals surface area contributed by atoms with Gasteiger partial charge in [-0.25, -0.2) is 9.59 Å². The summed E-state index contributed by atoms with van der Waals surface area (Å²) in [5.41, 5.74) is 3.39. The number of fused-ring (bicyclic) bond motifs is 1. The minimum Gasteiger partial charge on any atom is -0.480 e. The molecule has 0 spiro atoms. The van der Waals surface area contributed by atoms with Gasteiger partial charge in [-0.05, 0) is 33.7 Å². The van der Waals surface area contributed by atoms with Gasteiger partial charge in [-0.2, -0.15) is 0 Å². The molecule has 1 aromatic heterocycles. The molecule has 1 unspecified atom stereocenters. The van der Waals surface area contributed by atoms with E-state index in [2.05, 4.69) is 5.32 Å². The summed E-state index contributed by atoms with van der Waals surface area (Å²) in [7, 11) is 1.61. The maximum atomic E-state index is 12.4. The van der Waals surface area contributed by atoms with Gasteiger partial charge in [-0.3, -0.25) is 4.79 Å². The summed E-state index contributed by atoms with van der Waals surface area (Å²) in [6, 6.07) is 23.3. The summed E-state index contributed by atoms with van der Waals surface area (Å²) in [5.74, 6) is -1.19. The Balaban J connectivity index is 1.41. The van der Waals surface area contributed by atoms with E-state index in [1.807, 2.05) is 54.6 Å². The van der Waals surface area contributed by atoms with Crippen LogP contribution in [0.4, 0.5) is 4.79 Å². The maximum Gasteiger partial charge on any atom is 0.408 e. The van der Waals surface area contributed by atoms with Crippen molar-refractivity contribution in [2.45, 2.75) is 19.1 Å². The number of benzene rings is 3. The molecule has 0 aliphatic heterocycles. The molecule has 0 saturated heterocycles. The van der Waals surface area contributed by atoms with Gasteiger partial charge in [0.15, 0.2) is 0 Å². The maximum absolute atomic E-state index is 12.4. The number of carboxylic acid groups (broad SMARTS) is 1. The Morgan fingerprint density at radius 2 is 1.53 bits per heavy atom. The Morgan fingerprint density at radius 3 is 2.21 bits per heavy atom. The first-order valence-corrected chi connectivity index (χ1v) is 10.8. The van der Waals surface area contributed by atoms with Crippen molar-refractivity contribution in [1.82, 2.24) is 9.88 Å². The molecule has 3 aromatic carbocycles. The fraction of sp³-hybridized carbons (Fsp3) is 0.148. The minimum absolute atomic E-state index is 0.00480. The molecular weight excluding hydrogens is 432 g/mol. The minimum atomic E-state index is -1.21. The molecule has 0 radical (unpaired) electrons. The van der Waals surface area contributed by atoms with Crippen molar-refractivity contribution in [1.29, 1.82) is 0 Å². The predicted octanol–water partition coefficient (Wildman–Crippen LogP) is 4.13. The number of aliphatic carboxylic acids is 1. The van der Waals surface area contributed by atoms with Crippen LogP contribution in [0, 0.1) is 0 Å². The van der Waals surface area contributed by atoms with Gasteiger partial charge in [-0.15, -0.1) is 0 Å². The van der Waals surface area contributed by atoms with Crippen LogP contribution in [0.3, 0.4) is 0 Å². The SMILES string of the molecule is Cn1cc(CC(NC(=O)OCc2ccc(-c3ccccc3)cc2)C(=O)O)c2ccccc2c1=O. The normalized spacial score (nSPS) is 11.7. The molecule has 4 rings (SSSR count). The number of hydrogen-bond acceptors (Lipinski definition) is 4. The fourth-order valence-corrected chi connectivity index (χ4v) is 3.84. The van der Waals surface area contributed by atoms with E-state index in [9.17, 15) is 19.5 Å². The number of alkyl carbamates (subject to hydrolysis) is 1. The number of nitrogens with one attached hydrogen (secondary N) is 1. The second kappa shape index (κ2) is 10.0. The summed E-state index contributed by atoms with van der Waals surface area (Å²) in [5, 5.41) is 13.2. The summed E-state index contributed by atoms with van der Waals surface area (Å²) in [6.45, 7) is 0.00993. The molecule has 34 heavy (non-hydrogen) atoms. The quantitative estimate of drug-likeness (QED) is 0.436. The van der Waals surface area contributed by atoms with Gasteiger partial charge in [0.05, 0.1) is 0 Å². The molecule has 4 aromatic rings. The van der Waals surface area contributed by atoms with Crippen molar-refractivity contribution < 1.29 is 19.4 Å². The lowest BCUT2D eigenvalue weighted by atomic mass is 10.0. The van der Waals surface area contributed by atoms with E-state index in [-0.39, 0.29) is 18.6 Å². The zero-order valence-corrected chi connectivity index (χ0v) is 18.6. The van der Waals surface area contributed by atoms with Crippen LogP contribution in [0.5, 0.6) is 0 Å². The number of carbonyl (C=O) groups is 2. The van der Waals surface area contributed by atoms with Crippen LogP contribution in [-0.2, 0) is 29.6 Å². The Hall–Kier alpha value is -4.39. The zero-order valence-electron chi connectivity index (χ0n) is 18.6. The molecule has 0 bridgehead atoms. The number of hydrogen-bond donors (Lipinski definition) is 2. The van der Waals surface area contributed by atoms with E-state index < -0.39 is 18.1 Å². The second-order valence-corrected chi connectivity index (χ2v) is 7.99. The molecule has 1 heterocycles. The van der Waals surface area contributed by atoms with Crippen molar-refractivity contribution in [3.8, 4) is 11.1 Å². The lowest BCUT2D eigenvalue weighted by Gasteiger charge is -2.16. The number of pyridine rings is 1. The van der Waals surface area contributed by atoms with Gasteiger partial charge in [0.2, 0.25) is 0 Å². The molecule has 0 saturated carbocycles. The van der Waals surface area contributed by atoms with Crippen LogP contribution >= 0.6 is 0 Å². The van der Waals surface area contributed by atoms with Crippen LogP contribution < -0.4 is 10.9 Å². The number of amides is 1. The van der Waals surface area contributed by atoms with E-state index >= 15 is 0 Å². The predicted molar refractivity (Wildman–Crippen MR) is 130 cm³/mol. The number of aryl methyl sites for hydroxylation is 1. The van der Waals surface area contributed by atoms with Crippen molar-refractivity contribution in [2.75, 3.05) is 0 Å². The highest BCUT2D eigenvalue weighted by atomic mass is 16.5. The first-order valence-electron chi connectivity index (χ1n) is 10.8. The largest absolute Gasteiger partial charge is 0.480 e. The number of ether oxygens (including phenoxy) is 1. The topological polar surface area (TPSA) is 97.6 Å². The summed E-state index contributed by atoms with van der Waals surface area (Å²) in [6.07, 6.45) is 0.779. The second-order valence-electron chi connectivity index (χ2n) is 7.99. The number of carbonyl (C=O) groups excluding carboxylic acids is 1. The van der Waals surface area contributed by atoms with Crippen molar-refractivity contribution in [3.63, 3.8) is 0 Å². The Morgan fingerprint density at radius 1 is 0.912 bits per heavy atom. The highest BCUT2D eigenvalue weighted by molar-refractivity contribution is 5.86. The van der Waals surface area contributed by atoms with E-state index in [0.29, 0.717) is 16.3 Å². The third kappa shape index (κ3) is 5.15. The Bertz CT molecular complexity index is 1380. The number of aromatic nitrogens is 1. The monoisotopic (exact) mass is 456 g/mol.